The standard InChI is InChI=1S/C20H31N5O2.HI/c1-4-21-20(25-13-11-24(12-14-25)17(3)26)22-15-19(27)23(5-2)16-18-9-7-6-8-10-18;/h6-10H,4-5,11-16H2,1-3H3,(H,21,22);1H. The molecule has 0 aromatic heterocycles. The molecule has 2 rings (SSSR count). The highest BCUT2D eigenvalue weighted by Crippen LogP contribution is 2.06. The van der Waals surface area contributed by atoms with Crippen LogP contribution in [0.3, 0.4) is 0 Å². The van der Waals surface area contributed by atoms with Gasteiger partial charge in [0.25, 0.3) is 0 Å². The molecule has 1 N–H and O–H groups in total. The topological polar surface area (TPSA) is 68.2 Å². The molecule has 8 heteroatoms. The smallest absolute Gasteiger partial charge is 0.244 e. The van der Waals surface area contributed by atoms with Gasteiger partial charge in [0.1, 0.15) is 6.54 Å². The lowest BCUT2D eigenvalue weighted by Gasteiger charge is -2.36. The van der Waals surface area contributed by atoms with E-state index in [0.29, 0.717) is 26.2 Å². The molecule has 1 aliphatic rings. The average Bonchev–Trinajstić information content (AvgIpc) is 2.70. The van der Waals surface area contributed by atoms with E-state index in [0.717, 1.165) is 31.2 Å². The van der Waals surface area contributed by atoms with E-state index in [1.165, 1.54) is 0 Å². The molecule has 2 amide bonds. The van der Waals surface area contributed by atoms with Crippen LogP contribution in [0.5, 0.6) is 0 Å². The van der Waals surface area contributed by atoms with Crippen molar-refractivity contribution in [2.45, 2.75) is 27.3 Å². The molecule has 1 fully saturated rings. The predicted molar refractivity (Wildman–Crippen MR) is 123 cm³/mol. The van der Waals surface area contributed by atoms with Crippen LogP contribution in [-0.2, 0) is 16.1 Å². The van der Waals surface area contributed by atoms with E-state index in [4.69, 9.17) is 0 Å². The van der Waals surface area contributed by atoms with Crippen molar-refractivity contribution in [3.63, 3.8) is 0 Å². The Hall–Kier alpha value is -1.84. The SMILES string of the molecule is CCNC(=NCC(=O)N(CC)Cc1ccccc1)N1CCN(C(C)=O)CC1.I. The minimum atomic E-state index is 0. The van der Waals surface area contributed by atoms with Gasteiger partial charge >= 0.3 is 0 Å². The highest BCUT2D eigenvalue weighted by Gasteiger charge is 2.21. The first-order valence-electron chi connectivity index (χ1n) is 9.65. The second-order valence-electron chi connectivity index (χ2n) is 6.56. The number of hydrogen-bond acceptors (Lipinski definition) is 3. The zero-order chi connectivity index (χ0) is 19.6. The van der Waals surface area contributed by atoms with Crippen LogP contribution < -0.4 is 5.32 Å². The van der Waals surface area contributed by atoms with Gasteiger partial charge in [-0.05, 0) is 19.4 Å². The average molecular weight is 501 g/mol. The Morgan fingerprint density at radius 2 is 1.68 bits per heavy atom. The summed E-state index contributed by atoms with van der Waals surface area (Å²) in [5.41, 5.74) is 1.11. The van der Waals surface area contributed by atoms with Crippen molar-refractivity contribution in [2.75, 3.05) is 45.8 Å². The first-order valence-corrected chi connectivity index (χ1v) is 9.65. The van der Waals surface area contributed by atoms with E-state index < -0.39 is 0 Å². The first-order chi connectivity index (χ1) is 13.0. The van der Waals surface area contributed by atoms with Gasteiger partial charge in [0.2, 0.25) is 11.8 Å². The fourth-order valence-electron chi connectivity index (χ4n) is 3.08. The molecule has 7 nitrogen and oxygen atoms in total. The molecule has 1 heterocycles. The van der Waals surface area contributed by atoms with Gasteiger partial charge in [-0.25, -0.2) is 4.99 Å². The molecule has 1 aromatic carbocycles. The highest BCUT2D eigenvalue weighted by atomic mass is 127. The third kappa shape index (κ3) is 7.29. The van der Waals surface area contributed by atoms with Gasteiger partial charge in [-0.15, -0.1) is 24.0 Å². The van der Waals surface area contributed by atoms with Crippen molar-refractivity contribution >= 4 is 41.8 Å². The molecule has 0 bridgehead atoms. The maximum Gasteiger partial charge on any atom is 0.244 e. The summed E-state index contributed by atoms with van der Waals surface area (Å²) in [6, 6.07) is 9.99. The second kappa shape index (κ2) is 12.6. The lowest BCUT2D eigenvalue weighted by molar-refractivity contribution is -0.130. The fourth-order valence-corrected chi connectivity index (χ4v) is 3.08. The van der Waals surface area contributed by atoms with E-state index >= 15 is 0 Å². The van der Waals surface area contributed by atoms with Gasteiger partial charge < -0.3 is 20.0 Å². The number of guanidine groups is 1. The summed E-state index contributed by atoms with van der Waals surface area (Å²) in [5.74, 6) is 0.857. The number of likely N-dealkylation sites (N-methyl/N-ethyl adjacent to an activating group) is 1. The molecule has 1 saturated heterocycles. The van der Waals surface area contributed by atoms with E-state index in [9.17, 15) is 9.59 Å². The maximum absolute atomic E-state index is 12.6. The summed E-state index contributed by atoms with van der Waals surface area (Å²) < 4.78 is 0. The van der Waals surface area contributed by atoms with Gasteiger partial charge in [-0.1, -0.05) is 30.3 Å². The number of hydrogen-bond donors (Lipinski definition) is 1. The molecule has 0 spiro atoms. The monoisotopic (exact) mass is 501 g/mol. The van der Waals surface area contributed by atoms with Crippen molar-refractivity contribution in [3.05, 3.63) is 35.9 Å². The normalized spacial score (nSPS) is 14.3. The molecule has 0 atom stereocenters. The number of benzene rings is 1. The van der Waals surface area contributed by atoms with E-state index in [1.54, 1.807) is 6.92 Å². The van der Waals surface area contributed by atoms with Crippen molar-refractivity contribution in [1.82, 2.24) is 20.0 Å². The number of nitrogens with one attached hydrogen (secondary N) is 1. The first kappa shape index (κ1) is 24.2. The Morgan fingerprint density at radius 1 is 1.07 bits per heavy atom. The number of rotatable bonds is 6. The Labute approximate surface area is 185 Å². The number of nitrogens with zero attached hydrogens (tertiary/aromatic N) is 4. The number of halogens is 1. The number of aliphatic imine (C=N–C) groups is 1. The van der Waals surface area contributed by atoms with Crippen LogP contribution in [0, 0.1) is 0 Å². The molecule has 1 aromatic rings. The minimum absolute atomic E-state index is 0. The van der Waals surface area contributed by atoms with Gasteiger partial charge in [-0.3, -0.25) is 9.59 Å². The van der Waals surface area contributed by atoms with Crippen LogP contribution in [0.2, 0.25) is 0 Å². The summed E-state index contributed by atoms with van der Waals surface area (Å²) in [7, 11) is 0. The van der Waals surface area contributed by atoms with E-state index in [1.807, 2.05) is 54.0 Å². The van der Waals surface area contributed by atoms with Gasteiger partial charge in [-0.2, -0.15) is 0 Å². The molecule has 0 aliphatic carbocycles. The Balaban J connectivity index is 0.00000392. The van der Waals surface area contributed by atoms with Crippen LogP contribution in [0.1, 0.15) is 26.3 Å². The van der Waals surface area contributed by atoms with Crippen LogP contribution in [-0.4, -0.2) is 78.3 Å². The summed E-state index contributed by atoms with van der Waals surface area (Å²) in [5, 5.41) is 3.26. The molecule has 0 radical (unpaired) electrons. The molecule has 0 saturated carbocycles. The summed E-state index contributed by atoms with van der Waals surface area (Å²) >= 11 is 0. The molecule has 0 unspecified atom stereocenters. The summed E-state index contributed by atoms with van der Waals surface area (Å²) in [6.45, 7) is 10.5. The lowest BCUT2D eigenvalue weighted by atomic mass is 10.2. The number of carbonyl (C=O) groups is 2. The zero-order valence-corrected chi connectivity index (χ0v) is 19.4. The molecule has 28 heavy (non-hydrogen) atoms. The van der Waals surface area contributed by atoms with Crippen LogP contribution in [0.4, 0.5) is 0 Å². The van der Waals surface area contributed by atoms with Crippen molar-refractivity contribution in [2.24, 2.45) is 4.99 Å². The van der Waals surface area contributed by atoms with Crippen molar-refractivity contribution in [3.8, 4) is 0 Å². The Morgan fingerprint density at radius 3 is 2.21 bits per heavy atom. The Bertz CT molecular complexity index is 645. The largest absolute Gasteiger partial charge is 0.357 e. The van der Waals surface area contributed by atoms with Gasteiger partial charge in [0, 0.05) is 52.7 Å². The quantitative estimate of drug-likeness (QED) is 0.367. The summed E-state index contributed by atoms with van der Waals surface area (Å²) in [6.07, 6.45) is 0. The van der Waals surface area contributed by atoms with Gasteiger partial charge in [0.15, 0.2) is 5.96 Å². The molecular weight excluding hydrogens is 469 g/mol. The number of carbonyl (C=O) groups excluding carboxylic acids is 2. The van der Waals surface area contributed by atoms with Crippen molar-refractivity contribution < 1.29 is 9.59 Å². The van der Waals surface area contributed by atoms with Crippen LogP contribution in [0.15, 0.2) is 35.3 Å². The third-order valence-electron chi connectivity index (χ3n) is 4.67. The lowest BCUT2D eigenvalue weighted by Crippen LogP contribution is -2.53. The minimum Gasteiger partial charge on any atom is -0.357 e. The molecule has 1 aliphatic heterocycles. The van der Waals surface area contributed by atoms with Crippen LogP contribution >= 0.6 is 24.0 Å². The number of piperazine rings is 1. The zero-order valence-electron chi connectivity index (χ0n) is 17.1. The summed E-state index contributed by atoms with van der Waals surface area (Å²) in [4.78, 5) is 34.4. The van der Waals surface area contributed by atoms with Crippen LogP contribution in [0.25, 0.3) is 0 Å². The second-order valence-corrected chi connectivity index (χ2v) is 6.56. The Kier molecular flexibility index (Phi) is 10.9. The van der Waals surface area contributed by atoms with E-state index in [2.05, 4.69) is 15.2 Å². The highest BCUT2D eigenvalue weighted by molar-refractivity contribution is 14.0. The predicted octanol–water partition coefficient (Wildman–Crippen LogP) is 1.78. The van der Waals surface area contributed by atoms with Gasteiger partial charge in [0.05, 0.1) is 0 Å². The maximum atomic E-state index is 12.6. The fraction of sp³-hybridized carbons (Fsp3) is 0.550. The molecule has 156 valence electrons. The van der Waals surface area contributed by atoms with E-state index in [-0.39, 0.29) is 42.3 Å². The molecular formula is C20H32IN5O2. The third-order valence-corrected chi connectivity index (χ3v) is 4.67. The van der Waals surface area contributed by atoms with Crippen molar-refractivity contribution in [1.29, 1.82) is 0 Å². The number of amides is 2.